The third-order valence-corrected chi connectivity index (χ3v) is 4.08. The highest BCUT2D eigenvalue weighted by Crippen LogP contribution is 2.44. The van der Waals surface area contributed by atoms with Gasteiger partial charge in [0.05, 0.1) is 19.3 Å². The molecule has 0 saturated carbocycles. The molecule has 0 heterocycles. The molecule has 0 radical (unpaired) electrons. The van der Waals surface area contributed by atoms with Gasteiger partial charge in [0.2, 0.25) is 0 Å². The van der Waals surface area contributed by atoms with Crippen molar-refractivity contribution in [2.24, 2.45) is 5.73 Å². The molecule has 0 amide bonds. The Labute approximate surface area is 145 Å². The SMILES string of the molecule is C[C@@H](OP(=O)(O)OC[C@H](O)COCCCCCC(=O)O)[C@H](N)C(=O)O. The van der Waals surface area contributed by atoms with Crippen LogP contribution in [0.4, 0.5) is 0 Å². The molecule has 0 aliphatic heterocycles. The summed E-state index contributed by atoms with van der Waals surface area (Å²) >= 11 is 0. The van der Waals surface area contributed by atoms with Crippen LogP contribution in [0.3, 0.4) is 0 Å². The summed E-state index contributed by atoms with van der Waals surface area (Å²) in [4.78, 5) is 30.4. The third kappa shape index (κ3) is 12.9. The summed E-state index contributed by atoms with van der Waals surface area (Å²) in [5, 5.41) is 26.7. The van der Waals surface area contributed by atoms with Crippen LogP contribution in [0.15, 0.2) is 0 Å². The number of nitrogens with two attached hydrogens (primary N) is 1. The molecule has 0 aromatic heterocycles. The molecular formula is C13H26NO10P. The molecule has 0 aromatic rings. The fourth-order valence-corrected chi connectivity index (χ4v) is 2.58. The Bertz CT molecular complexity index is 460. The Morgan fingerprint density at radius 1 is 1.16 bits per heavy atom. The first-order valence-electron chi connectivity index (χ1n) is 7.67. The lowest BCUT2D eigenvalue weighted by atomic mass is 10.2. The largest absolute Gasteiger partial charge is 0.481 e. The van der Waals surface area contributed by atoms with Crippen molar-refractivity contribution in [1.29, 1.82) is 0 Å². The molecule has 4 atom stereocenters. The van der Waals surface area contributed by atoms with E-state index in [1.807, 2.05) is 0 Å². The normalized spacial score (nSPS) is 17.4. The molecule has 0 aromatic carbocycles. The van der Waals surface area contributed by atoms with Crippen LogP contribution in [-0.4, -0.2) is 70.2 Å². The van der Waals surface area contributed by atoms with Crippen molar-refractivity contribution >= 4 is 19.8 Å². The van der Waals surface area contributed by atoms with Gasteiger partial charge in [-0.2, -0.15) is 0 Å². The highest BCUT2D eigenvalue weighted by atomic mass is 31.2. The molecule has 148 valence electrons. The molecule has 1 unspecified atom stereocenters. The highest BCUT2D eigenvalue weighted by molar-refractivity contribution is 7.47. The number of phosphoric acid groups is 1. The van der Waals surface area contributed by atoms with Crippen molar-refractivity contribution in [2.45, 2.75) is 50.9 Å². The molecule has 0 saturated heterocycles. The first kappa shape index (κ1) is 23.9. The average Bonchev–Trinajstić information content (AvgIpc) is 2.50. The van der Waals surface area contributed by atoms with Gasteiger partial charge in [0.25, 0.3) is 0 Å². The molecule has 0 aliphatic carbocycles. The molecule has 0 spiro atoms. The smallest absolute Gasteiger partial charge is 0.472 e. The predicted molar refractivity (Wildman–Crippen MR) is 84.9 cm³/mol. The zero-order chi connectivity index (χ0) is 19.5. The van der Waals surface area contributed by atoms with E-state index in [1.165, 1.54) is 6.92 Å². The van der Waals surface area contributed by atoms with Gasteiger partial charge < -0.3 is 30.7 Å². The van der Waals surface area contributed by atoms with Gasteiger partial charge in [-0.3, -0.25) is 18.6 Å². The number of carbonyl (C=O) groups is 2. The van der Waals surface area contributed by atoms with Gasteiger partial charge in [-0.05, 0) is 19.8 Å². The van der Waals surface area contributed by atoms with Crippen LogP contribution in [0.5, 0.6) is 0 Å². The Morgan fingerprint density at radius 2 is 1.80 bits per heavy atom. The van der Waals surface area contributed by atoms with Gasteiger partial charge in [0, 0.05) is 13.0 Å². The second-order valence-corrected chi connectivity index (χ2v) is 6.78. The van der Waals surface area contributed by atoms with Crippen LogP contribution < -0.4 is 5.73 Å². The lowest BCUT2D eigenvalue weighted by Gasteiger charge is -2.21. The summed E-state index contributed by atoms with van der Waals surface area (Å²) < 4.78 is 25.9. The van der Waals surface area contributed by atoms with Crippen molar-refractivity contribution in [3.63, 3.8) is 0 Å². The van der Waals surface area contributed by atoms with E-state index in [4.69, 9.17) is 20.7 Å². The number of phosphoric ester groups is 1. The van der Waals surface area contributed by atoms with Gasteiger partial charge in [0.15, 0.2) is 0 Å². The van der Waals surface area contributed by atoms with E-state index in [2.05, 4.69) is 9.05 Å². The lowest BCUT2D eigenvalue weighted by Crippen LogP contribution is -2.41. The van der Waals surface area contributed by atoms with E-state index in [-0.39, 0.29) is 13.0 Å². The minimum Gasteiger partial charge on any atom is -0.481 e. The van der Waals surface area contributed by atoms with Crippen molar-refractivity contribution in [2.75, 3.05) is 19.8 Å². The molecule has 11 nitrogen and oxygen atoms in total. The molecule has 0 bridgehead atoms. The van der Waals surface area contributed by atoms with E-state index in [9.17, 15) is 24.2 Å². The summed E-state index contributed by atoms with van der Waals surface area (Å²) in [6.07, 6.45) is -0.551. The van der Waals surface area contributed by atoms with Gasteiger partial charge in [-0.15, -0.1) is 0 Å². The maximum atomic E-state index is 11.6. The number of hydrogen-bond donors (Lipinski definition) is 5. The number of carboxylic acid groups (broad SMARTS) is 2. The Morgan fingerprint density at radius 3 is 2.36 bits per heavy atom. The van der Waals surface area contributed by atoms with Gasteiger partial charge in [-0.25, -0.2) is 4.57 Å². The molecular weight excluding hydrogens is 361 g/mol. The van der Waals surface area contributed by atoms with Gasteiger partial charge in [-0.1, -0.05) is 6.42 Å². The number of unbranched alkanes of at least 4 members (excludes halogenated alkanes) is 2. The Balaban J connectivity index is 3.88. The Hall–Kier alpha value is -1.07. The number of aliphatic hydroxyl groups is 1. The standard InChI is InChI=1S/C13H26NO10P/c1-9(12(14)13(18)19)24-25(20,21)23-8-10(15)7-22-6-4-2-3-5-11(16)17/h9-10,12,15H,2-8,14H2,1H3,(H,16,17)(H,18,19)(H,20,21)/t9-,10-,12+/m1/s1. The van der Waals surface area contributed by atoms with Crippen LogP contribution in [0, 0.1) is 0 Å². The van der Waals surface area contributed by atoms with Crippen LogP contribution in [0.25, 0.3) is 0 Å². The second-order valence-electron chi connectivity index (χ2n) is 5.37. The average molecular weight is 387 g/mol. The van der Waals surface area contributed by atoms with E-state index in [1.54, 1.807) is 0 Å². The van der Waals surface area contributed by atoms with Crippen molar-refractivity contribution in [3.8, 4) is 0 Å². The lowest BCUT2D eigenvalue weighted by molar-refractivity contribution is -0.141. The van der Waals surface area contributed by atoms with Crippen molar-refractivity contribution < 1.29 is 48.2 Å². The predicted octanol–water partition coefficient (Wildman–Crippen LogP) is -0.0571. The summed E-state index contributed by atoms with van der Waals surface area (Å²) in [5.74, 6) is -2.26. The number of rotatable bonds is 15. The summed E-state index contributed by atoms with van der Waals surface area (Å²) in [6.45, 7) is 0.800. The number of hydrogen-bond acceptors (Lipinski definition) is 8. The van der Waals surface area contributed by atoms with Gasteiger partial charge in [0.1, 0.15) is 12.1 Å². The van der Waals surface area contributed by atoms with E-state index in [0.29, 0.717) is 25.9 Å². The zero-order valence-corrected chi connectivity index (χ0v) is 14.8. The molecule has 25 heavy (non-hydrogen) atoms. The summed E-state index contributed by atoms with van der Waals surface area (Å²) in [5.41, 5.74) is 5.24. The fourth-order valence-electron chi connectivity index (χ4n) is 1.61. The minimum atomic E-state index is -4.57. The number of ether oxygens (including phenoxy) is 1. The summed E-state index contributed by atoms with van der Waals surface area (Å²) in [7, 11) is -4.57. The van der Waals surface area contributed by atoms with Crippen LogP contribution in [-0.2, 0) is 27.9 Å². The maximum absolute atomic E-state index is 11.6. The van der Waals surface area contributed by atoms with Crippen molar-refractivity contribution in [1.82, 2.24) is 0 Å². The van der Waals surface area contributed by atoms with Crippen molar-refractivity contribution in [3.05, 3.63) is 0 Å². The monoisotopic (exact) mass is 387 g/mol. The molecule has 0 fully saturated rings. The van der Waals surface area contributed by atoms with Gasteiger partial charge >= 0.3 is 19.8 Å². The zero-order valence-electron chi connectivity index (χ0n) is 13.9. The summed E-state index contributed by atoms with van der Waals surface area (Å²) in [6, 6.07) is -1.50. The molecule has 12 heteroatoms. The van der Waals surface area contributed by atoms with Crippen LogP contribution >= 0.6 is 7.82 Å². The first-order chi connectivity index (χ1) is 11.5. The number of aliphatic hydroxyl groups excluding tert-OH is 1. The van der Waals surface area contributed by atoms with E-state index >= 15 is 0 Å². The number of carboxylic acids is 2. The minimum absolute atomic E-state index is 0.0895. The third-order valence-electron chi connectivity index (χ3n) is 3.01. The van der Waals surface area contributed by atoms with Crippen LogP contribution in [0.1, 0.15) is 32.6 Å². The Kier molecular flexibility index (Phi) is 11.8. The quantitative estimate of drug-likeness (QED) is 0.187. The molecule has 0 aliphatic rings. The van der Waals surface area contributed by atoms with E-state index in [0.717, 1.165) is 0 Å². The second kappa shape index (κ2) is 12.3. The van der Waals surface area contributed by atoms with Crippen LogP contribution in [0.2, 0.25) is 0 Å². The topological polar surface area (TPSA) is 186 Å². The highest BCUT2D eigenvalue weighted by Gasteiger charge is 2.31. The molecule has 6 N–H and O–H groups in total. The first-order valence-corrected chi connectivity index (χ1v) is 9.16. The fraction of sp³-hybridized carbons (Fsp3) is 0.846. The maximum Gasteiger partial charge on any atom is 0.472 e. The molecule has 0 rings (SSSR count). The van der Waals surface area contributed by atoms with E-state index < -0.39 is 44.6 Å². The number of aliphatic carboxylic acids is 2.